The van der Waals surface area contributed by atoms with Gasteiger partial charge in [-0.05, 0) is 30.7 Å². The zero-order chi connectivity index (χ0) is 25.2. The molecular formula is C22H16F6N4O3. The van der Waals surface area contributed by atoms with E-state index in [1.807, 2.05) is 0 Å². The molecule has 13 heteroatoms. The summed E-state index contributed by atoms with van der Waals surface area (Å²) in [6.45, 7) is -4.01. The Balaban J connectivity index is 1.72. The highest BCUT2D eigenvalue weighted by molar-refractivity contribution is 6.06. The van der Waals surface area contributed by atoms with Crippen molar-refractivity contribution >= 4 is 11.6 Å². The van der Waals surface area contributed by atoms with Gasteiger partial charge in [-0.25, -0.2) is 32.5 Å². The Bertz CT molecular complexity index is 1220. The number of amides is 1. The fourth-order valence-electron chi connectivity index (χ4n) is 3.45. The fraction of sp³-hybridized carbons (Fsp3) is 0.273. The molecule has 1 aromatic carbocycles. The van der Waals surface area contributed by atoms with E-state index in [1.165, 1.54) is 0 Å². The van der Waals surface area contributed by atoms with E-state index >= 15 is 0 Å². The molecular weight excluding hydrogens is 482 g/mol. The van der Waals surface area contributed by atoms with Crippen LogP contribution in [-0.4, -0.2) is 40.0 Å². The Morgan fingerprint density at radius 3 is 2.60 bits per heavy atom. The highest BCUT2D eigenvalue weighted by Crippen LogP contribution is 2.40. The van der Waals surface area contributed by atoms with Crippen molar-refractivity contribution < 1.29 is 40.6 Å². The number of pyridine rings is 1. The van der Waals surface area contributed by atoms with Gasteiger partial charge in [0, 0.05) is 24.2 Å². The van der Waals surface area contributed by atoms with Crippen LogP contribution in [0.4, 0.5) is 32.0 Å². The van der Waals surface area contributed by atoms with Crippen molar-refractivity contribution in [3.63, 3.8) is 0 Å². The summed E-state index contributed by atoms with van der Waals surface area (Å²) in [4.78, 5) is 24.5. The van der Waals surface area contributed by atoms with E-state index in [2.05, 4.69) is 25.0 Å². The molecule has 0 aliphatic carbocycles. The predicted octanol–water partition coefficient (Wildman–Crippen LogP) is 5.16. The molecule has 4 rings (SSSR count). The minimum atomic E-state index is -3.11. The molecule has 2 aromatic heterocycles. The highest BCUT2D eigenvalue weighted by atomic mass is 19.3. The lowest BCUT2D eigenvalue weighted by Gasteiger charge is -2.29. The normalized spacial score (nSPS) is 17.3. The molecule has 35 heavy (non-hydrogen) atoms. The van der Waals surface area contributed by atoms with Crippen LogP contribution in [0.2, 0.25) is 0 Å². The monoisotopic (exact) mass is 498 g/mol. The lowest BCUT2D eigenvalue weighted by atomic mass is 10.00. The minimum absolute atomic E-state index is 0.0203. The minimum Gasteiger partial charge on any atom is -0.417 e. The molecule has 1 aliphatic heterocycles. The summed E-state index contributed by atoms with van der Waals surface area (Å²) in [5.41, 5.74) is -0.850. The van der Waals surface area contributed by atoms with Gasteiger partial charge in [-0.15, -0.1) is 0 Å². The molecule has 1 N–H and O–H groups in total. The number of halogens is 6. The number of aromatic nitrogens is 3. The molecule has 0 bridgehead atoms. The number of carbonyl (C=O) groups is 1. The molecule has 1 atom stereocenters. The van der Waals surface area contributed by atoms with Gasteiger partial charge in [0.15, 0.2) is 0 Å². The average Bonchev–Trinajstić information content (AvgIpc) is 2.81. The van der Waals surface area contributed by atoms with E-state index in [9.17, 15) is 31.1 Å². The molecule has 7 nitrogen and oxygen atoms in total. The number of benzene rings is 1. The number of hydrogen-bond acceptors (Lipinski definition) is 6. The average molecular weight is 498 g/mol. The third-order valence-electron chi connectivity index (χ3n) is 5.08. The SMILES string of the molecule is O=C(Nc1c(-c2cc(F)ccc2F)ncnc1C1CCC(F)(F)CO1)c1ccc(OC(F)F)nc1. The number of carbonyl (C=O) groups excluding carboxylic acids is 1. The van der Waals surface area contributed by atoms with Crippen molar-refractivity contribution in [2.75, 3.05) is 11.9 Å². The third-order valence-corrected chi connectivity index (χ3v) is 5.08. The van der Waals surface area contributed by atoms with Crippen molar-refractivity contribution in [1.29, 1.82) is 0 Å². The van der Waals surface area contributed by atoms with Gasteiger partial charge in [0.1, 0.15) is 36.4 Å². The number of ether oxygens (including phenoxy) is 2. The summed E-state index contributed by atoms with van der Waals surface area (Å²) in [6, 6.07) is 4.78. The van der Waals surface area contributed by atoms with Gasteiger partial charge >= 0.3 is 6.61 Å². The van der Waals surface area contributed by atoms with Crippen molar-refractivity contribution in [1.82, 2.24) is 15.0 Å². The molecule has 0 spiro atoms. The molecule has 184 valence electrons. The topological polar surface area (TPSA) is 86.2 Å². The molecule has 0 saturated carbocycles. The number of anilines is 1. The first-order valence-electron chi connectivity index (χ1n) is 10.1. The van der Waals surface area contributed by atoms with Gasteiger partial charge < -0.3 is 14.8 Å². The van der Waals surface area contributed by atoms with E-state index in [0.29, 0.717) is 0 Å². The number of nitrogens with one attached hydrogen (secondary N) is 1. The molecule has 1 aliphatic rings. The Morgan fingerprint density at radius 2 is 1.94 bits per heavy atom. The Morgan fingerprint density at radius 1 is 1.14 bits per heavy atom. The lowest BCUT2D eigenvalue weighted by molar-refractivity contribution is -0.146. The molecule has 3 aromatic rings. The standard InChI is InChI=1S/C22H16F6N4O3/c23-12-2-3-14(24)13(7-12)17-19(18(31-10-30-17)15-5-6-22(27,28)9-34-15)32-20(33)11-1-4-16(29-8-11)35-21(25)26/h1-4,7-8,10,15,21H,5-6,9H2,(H,32,33). The summed E-state index contributed by atoms with van der Waals surface area (Å²) in [6.07, 6.45) is 0.284. The maximum absolute atomic E-state index is 14.6. The van der Waals surface area contributed by atoms with E-state index in [0.717, 1.165) is 42.9 Å². The van der Waals surface area contributed by atoms with Crippen LogP contribution in [0, 0.1) is 11.6 Å². The van der Waals surface area contributed by atoms with E-state index in [1.54, 1.807) is 0 Å². The molecule has 1 unspecified atom stereocenters. The van der Waals surface area contributed by atoms with Crippen molar-refractivity contribution in [3.8, 4) is 17.1 Å². The largest absolute Gasteiger partial charge is 0.417 e. The quantitative estimate of drug-likeness (QED) is 0.473. The van der Waals surface area contributed by atoms with Crippen molar-refractivity contribution in [2.45, 2.75) is 31.5 Å². The molecule has 1 saturated heterocycles. The summed E-state index contributed by atoms with van der Waals surface area (Å²) in [7, 11) is 0. The highest BCUT2D eigenvalue weighted by Gasteiger charge is 2.38. The van der Waals surface area contributed by atoms with Crippen LogP contribution in [0.3, 0.4) is 0 Å². The van der Waals surface area contributed by atoms with Gasteiger partial charge in [-0.2, -0.15) is 8.78 Å². The summed E-state index contributed by atoms with van der Waals surface area (Å²) < 4.78 is 89.7. The Hall–Kier alpha value is -3.74. The van der Waals surface area contributed by atoms with Crippen LogP contribution in [0.5, 0.6) is 5.88 Å². The van der Waals surface area contributed by atoms with Gasteiger partial charge in [-0.3, -0.25) is 4.79 Å². The zero-order valence-electron chi connectivity index (χ0n) is 17.7. The summed E-state index contributed by atoms with van der Waals surface area (Å²) in [5, 5.41) is 2.47. The van der Waals surface area contributed by atoms with Gasteiger partial charge in [0.05, 0.1) is 16.9 Å². The van der Waals surface area contributed by atoms with Gasteiger partial charge in [0.2, 0.25) is 5.88 Å². The van der Waals surface area contributed by atoms with Gasteiger partial charge in [0.25, 0.3) is 11.8 Å². The first kappa shape index (κ1) is 24.4. The number of nitrogens with zero attached hydrogens (tertiary/aromatic N) is 3. The number of alkyl halides is 4. The first-order chi connectivity index (χ1) is 16.6. The number of rotatable bonds is 6. The van der Waals surface area contributed by atoms with Crippen LogP contribution in [0.25, 0.3) is 11.3 Å². The van der Waals surface area contributed by atoms with Crippen LogP contribution in [-0.2, 0) is 4.74 Å². The van der Waals surface area contributed by atoms with E-state index in [4.69, 9.17) is 4.74 Å². The summed E-state index contributed by atoms with van der Waals surface area (Å²) in [5.74, 6) is -5.96. The molecule has 3 heterocycles. The smallest absolute Gasteiger partial charge is 0.388 e. The van der Waals surface area contributed by atoms with Crippen molar-refractivity contribution in [3.05, 3.63) is 65.7 Å². The number of hydrogen-bond donors (Lipinski definition) is 1. The second kappa shape index (κ2) is 9.86. The van der Waals surface area contributed by atoms with E-state index < -0.39 is 55.1 Å². The van der Waals surface area contributed by atoms with Crippen LogP contribution >= 0.6 is 0 Å². The van der Waals surface area contributed by atoms with Crippen molar-refractivity contribution in [2.24, 2.45) is 0 Å². The molecule has 0 radical (unpaired) electrons. The van der Waals surface area contributed by atoms with Crippen LogP contribution in [0.15, 0.2) is 42.9 Å². The summed E-state index contributed by atoms with van der Waals surface area (Å²) >= 11 is 0. The zero-order valence-corrected chi connectivity index (χ0v) is 17.7. The van der Waals surface area contributed by atoms with Crippen LogP contribution < -0.4 is 10.1 Å². The Kier molecular flexibility index (Phi) is 6.87. The Labute approximate surface area is 194 Å². The van der Waals surface area contributed by atoms with Gasteiger partial charge in [-0.1, -0.05) is 0 Å². The lowest BCUT2D eigenvalue weighted by Crippen LogP contribution is -2.31. The first-order valence-corrected chi connectivity index (χ1v) is 10.1. The maximum Gasteiger partial charge on any atom is 0.388 e. The third kappa shape index (κ3) is 5.67. The van der Waals surface area contributed by atoms with E-state index in [-0.39, 0.29) is 34.6 Å². The second-order valence-electron chi connectivity index (χ2n) is 7.52. The maximum atomic E-state index is 14.6. The van der Waals surface area contributed by atoms with Crippen LogP contribution in [0.1, 0.15) is 35.0 Å². The predicted molar refractivity (Wildman–Crippen MR) is 109 cm³/mol. The molecule has 1 fully saturated rings. The molecule has 1 amide bonds. The fourth-order valence-corrected chi connectivity index (χ4v) is 3.45. The second-order valence-corrected chi connectivity index (χ2v) is 7.52.